The molecule has 0 aromatic heterocycles. The van der Waals surface area contributed by atoms with Gasteiger partial charge in [-0.1, -0.05) is 12.8 Å². The molecule has 0 aromatic carbocycles. The lowest BCUT2D eigenvalue weighted by Crippen LogP contribution is -2.35. The average molecular weight is 187 g/mol. The van der Waals surface area contributed by atoms with Gasteiger partial charge in [-0.25, -0.2) is 0 Å². The van der Waals surface area contributed by atoms with Crippen LogP contribution in [-0.4, -0.2) is 30.3 Å². The van der Waals surface area contributed by atoms with Crippen LogP contribution in [0.1, 0.15) is 25.7 Å². The minimum absolute atomic E-state index is 0.131. The average Bonchev–Trinajstić information content (AvgIpc) is 2.56. The first-order valence-electron chi connectivity index (χ1n) is 4.76. The van der Waals surface area contributed by atoms with Crippen LogP contribution in [-0.2, 0) is 9.53 Å². The quantitative estimate of drug-likeness (QED) is 0.661. The molecule has 1 rings (SSSR count). The normalized spacial score (nSPS) is 20.4. The second kappa shape index (κ2) is 5.19. The second-order valence-electron chi connectivity index (χ2n) is 3.63. The molecule has 0 aromatic rings. The first-order valence-corrected chi connectivity index (χ1v) is 4.76. The Kier molecular flexibility index (Phi) is 4.18. The zero-order valence-electron chi connectivity index (χ0n) is 7.74. The summed E-state index contributed by atoms with van der Waals surface area (Å²) in [6.45, 7) is 0.798. The molecule has 1 atom stereocenters. The van der Waals surface area contributed by atoms with Gasteiger partial charge in [-0.2, -0.15) is 0 Å². The van der Waals surface area contributed by atoms with Gasteiger partial charge in [0.15, 0.2) is 0 Å². The lowest BCUT2D eigenvalue weighted by molar-refractivity contribution is -0.140. The minimum Gasteiger partial charge on any atom is -0.480 e. The summed E-state index contributed by atoms with van der Waals surface area (Å²) in [6, 6.07) is -0.874. The zero-order chi connectivity index (χ0) is 9.68. The van der Waals surface area contributed by atoms with Crippen molar-refractivity contribution in [3.63, 3.8) is 0 Å². The number of carbonyl (C=O) groups is 1. The molecular formula is C9H17NO3. The maximum Gasteiger partial charge on any atom is 0.322 e. The number of carboxylic acids is 1. The molecule has 3 N–H and O–H groups in total. The number of hydrogen-bond donors (Lipinski definition) is 2. The van der Waals surface area contributed by atoms with Crippen LogP contribution in [0.15, 0.2) is 0 Å². The third-order valence-electron chi connectivity index (χ3n) is 2.44. The Hall–Kier alpha value is -0.610. The summed E-state index contributed by atoms with van der Waals surface area (Å²) in [7, 11) is 0. The summed E-state index contributed by atoms with van der Waals surface area (Å²) in [5.74, 6) is -0.368. The largest absolute Gasteiger partial charge is 0.480 e. The Balaban J connectivity index is 2.02. The van der Waals surface area contributed by atoms with E-state index in [-0.39, 0.29) is 6.61 Å². The van der Waals surface area contributed by atoms with E-state index in [0.29, 0.717) is 12.5 Å². The van der Waals surface area contributed by atoms with Gasteiger partial charge in [0.05, 0.1) is 6.61 Å². The molecule has 1 fully saturated rings. The summed E-state index contributed by atoms with van der Waals surface area (Å²) in [4.78, 5) is 10.3. The highest BCUT2D eigenvalue weighted by atomic mass is 16.5. The van der Waals surface area contributed by atoms with Crippen molar-refractivity contribution in [2.45, 2.75) is 31.7 Å². The molecule has 1 aliphatic carbocycles. The number of hydrogen-bond acceptors (Lipinski definition) is 3. The standard InChI is InChI=1S/C9H17NO3/c10-8(9(11)12)6-13-5-7-3-1-2-4-7/h7-8H,1-6,10H2,(H,11,12). The fourth-order valence-corrected chi connectivity index (χ4v) is 1.61. The predicted octanol–water partition coefficient (Wildman–Crippen LogP) is 0.605. The SMILES string of the molecule is NC(COCC1CCCC1)C(=O)O. The predicted molar refractivity (Wildman–Crippen MR) is 48.4 cm³/mol. The van der Waals surface area contributed by atoms with Crippen LogP contribution in [0, 0.1) is 5.92 Å². The van der Waals surface area contributed by atoms with Gasteiger partial charge in [-0.05, 0) is 18.8 Å². The van der Waals surface area contributed by atoms with Gasteiger partial charge in [0.1, 0.15) is 6.04 Å². The molecule has 0 spiro atoms. The highest BCUT2D eigenvalue weighted by Crippen LogP contribution is 2.24. The highest BCUT2D eigenvalue weighted by Gasteiger charge is 2.16. The zero-order valence-corrected chi connectivity index (χ0v) is 7.74. The summed E-state index contributed by atoms with van der Waals surface area (Å²) in [6.07, 6.45) is 4.97. The van der Waals surface area contributed by atoms with Crippen molar-refractivity contribution in [1.82, 2.24) is 0 Å². The molecule has 0 bridgehead atoms. The molecular weight excluding hydrogens is 170 g/mol. The Morgan fingerprint density at radius 3 is 2.69 bits per heavy atom. The Bertz CT molecular complexity index is 166. The lowest BCUT2D eigenvalue weighted by Gasteiger charge is -2.11. The van der Waals surface area contributed by atoms with E-state index in [0.717, 1.165) is 0 Å². The van der Waals surface area contributed by atoms with Gasteiger partial charge < -0.3 is 15.6 Å². The van der Waals surface area contributed by atoms with Crippen molar-refractivity contribution in [3.8, 4) is 0 Å². The lowest BCUT2D eigenvalue weighted by atomic mass is 10.1. The fourth-order valence-electron chi connectivity index (χ4n) is 1.61. The van der Waals surface area contributed by atoms with Crippen molar-refractivity contribution < 1.29 is 14.6 Å². The van der Waals surface area contributed by atoms with E-state index in [1.54, 1.807) is 0 Å². The minimum atomic E-state index is -0.994. The van der Waals surface area contributed by atoms with Crippen LogP contribution < -0.4 is 5.73 Å². The fraction of sp³-hybridized carbons (Fsp3) is 0.889. The van der Waals surface area contributed by atoms with E-state index in [2.05, 4.69) is 0 Å². The molecule has 13 heavy (non-hydrogen) atoms. The maximum atomic E-state index is 10.3. The number of nitrogens with two attached hydrogens (primary N) is 1. The van der Waals surface area contributed by atoms with E-state index >= 15 is 0 Å². The van der Waals surface area contributed by atoms with Gasteiger partial charge in [0.25, 0.3) is 0 Å². The highest BCUT2D eigenvalue weighted by molar-refractivity contribution is 5.73. The summed E-state index contributed by atoms with van der Waals surface area (Å²) in [5, 5.41) is 8.47. The van der Waals surface area contributed by atoms with Gasteiger partial charge in [-0.15, -0.1) is 0 Å². The topological polar surface area (TPSA) is 72.5 Å². The summed E-state index contributed by atoms with van der Waals surface area (Å²) < 4.78 is 5.23. The number of ether oxygens (including phenoxy) is 1. The molecule has 1 aliphatic rings. The Labute approximate surface area is 78.1 Å². The molecule has 0 radical (unpaired) electrons. The van der Waals surface area contributed by atoms with E-state index < -0.39 is 12.0 Å². The molecule has 1 saturated carbocycles. The van der Waals surface area contributed by atoms with E-state index in [4.69, 9.17) is 15.6 Å². The van der Waals surface area contributed by atoms with E-state index in [9.17, 15) is 4.79 Å². The van der Waals surface area contributed by atoms with Gasteiger partial charge in [-0.3, -0.25) is 4.79 Å². The molecule has 0 aliphatic heterocycles. The van der Waals surface area contributed by atoms with Crippen molar-refractivity contribution in [2.24, 2.45) is 11.7 Å². The van der Waals surface area contributed by atoms with E-state index in [1.807, 2.05) is 0 Å². The smallest absolute Gasteiger partial charge is 0.322 e. The Morgan fingerprint density at radius 2 is 2.15 bits per heavy atom. The van der Waals surface area contributed by atoms with Crippen LogP contribution in [0.2, 0.25) is 0 Å². The van der Waals surface area contributed by atoms with E-state index in [1.165, 1.54) is 25.7 Å². The number of carboxylic acid groups (broad SMARTS) is 1. The van der Waals surface area contributed by atoms with Crippen LogP contribution in [0.25, 0.3) is 0 Å². The molecule has 0 amide bonds. The van der Waals surface area contributed by atoms with Gasteiger partial charge in [0.2, 0.25) is 0 Å². The van der Waals surface area contributed by atoms with Crippen molar-refractivity contribution in [1.29, 1.82) is 0 Å². The van der Waals surface area contributed by atoms with Gasteiger partial charge >= 0.3 is 5.97 Å². The third kappa shape index (κ3) is 3.74. The summed E-state index contributed by atoms with van der Waals surface area (Å²) >= 11 is 0. The first-order chi connectivity index (χ1) is 6.20. The molecule has 76 valence electrons. The number of rotatable bonds is 5. The van der Waals surface area contributed by atoms with Crippen molar-refractivity contribution in [3.05, 3.63) is 0 Å². The summed E-state index contributed by atoms with van der Waals surface area (Å²) in [5.41, 5.74) is 5.28. The Morgan fingerprint density at radius 1 is 1.54 bits per heavy atom. The molecule has 0 heterocycles. The first kappa shape index (κ1) is 10.5. The second-order valence-corrected chi connectivity index (χ2v) is 3.63. The van der Waals surface area contributed by atoms with Crippen LogP contribution >= 0.6 is 0 Å². The van der Waals surface area contributed by atoms with Crippen LogP contribution in [0.3, 0.4) is 0 Å². The third-order valence-corrected chi connectivity index (χ3v) is 2.44. The molecule has 1 unspecified atom stereocenters. The molecule has 4 heteroatoms. The molecule has 4 nitrogen and oxygen atoms in total. The van der Waals surface area contributed by atoms with Gasteiger partial charge in [0, 0.05) is 6.61 Å². The number of aliphatic carboxylic acids is 1. The maximum absolute atomic E-state index is 10.3. The van der Waals surface area contributed by atoms with Crippen molar-refractivity contribution in [2.75, 3.05) is 13.2 Å². The van der Waals surface area contributed by atoms with Crippen LogP contribution in [0.5, 0.6) is 0 Å². The van der Waals surface area contributed by atoms with Crippen LogP contribution in [0.4, 0.5) is 0 Å². The van der Waals surface area contributed by atoms with Crippen molar-refractivity contribution >= 4 is 5.97 Å². The molecule has 0 saturated heterocycles. The monoisotopic (exact) mass is 187 g/mol.